The lowest BCUT2D eigenvalue weighted by Crippen LogP contribution is -2.44. The molecule has 37 heavy (non-hydrogen) atoms. The van der Waals surface area contributed by atoms with Gasteiger partial charge in [0.25, 0.3) is 0 Å². The van der Waals surface area contributed by atoms with Crippen molar-refractivity contribution in [2.75, 3.05) is 11.9 Å². The minimum absolute atomic E-state index is 0.0451. The Kier molecular flexibility index (Phi) is 8.85. The lowest BCUT2D eigenvalue weighted by Gasteiger charge is -2.37. The van der Waals surface area contributed by atoms with Gasteiger partial charge < -0.3 is 14.5 Å². The molecular weight excluding hydrogens is 512 g/mol. The van der Waals surface area contributed by atoms with Crippen molar-refractivity contribution < 1.29 is 18.8 Å². The normalized spacial score (nSPS) is 21.7. The summed E-state index contributed by atoms with van der Waals surface area (Å²) < 4.78 is 13.7. The van der Waals surface area contributed by atoms with E-state index in [-0.39, 0.29) is 23.4 Å². The van der Waals surface area contributed by atoms with Crippen LogP contribution in [0.3, 0.4) is 0 Å². The van der Waals surface area contributed by atoms with Crippen LogP contribution in [0.4, 0.5) is 5.82 Å². The van der Waals surface area contributed by atoms with Crippen molar-refractivity contribution in [3.8, 4) is 0 Å². The molecule has 1 N–H and O–H groups in total. The zero-order valence-electron chi connectivity index (χ0n) is 21.7. The number of rotatable bonds is 8. The van der Waals surface area contributed by atoms with E-state index in [2.05, 4.69) is 54.2 Å². The molecule has 0 unspecified atom stereocenters. The maximum Gasteiger partial charge on any atom is 0.350 e. The van der Waals surface area contributed by atoms with E-state index in [1.165, 1.54) is 35.5 Å². The first-order chi connectivity index (χ1) is 17.3. The van der Waals surface area contributed by atoms with Gasteiger partial charge in [-0.2, -0.15) is 4.98 Å². The SMILES string of the molecule is CC(=O)Nc1ccn([C@H]2S[C@H](CO[Si](C)(C)C(C)(C)C)[C@@H](OC(=O)c3ccccc3)[C@H]2N=[N+]=[N-])c(=O)n1. The number of azide groups is 1. The fourth-order valence-electron chi connectivity index (χ4n) is 3.54. The lowest BCUT2D eigenvalue weighted by molar-refractivity contribution is -0.114. The molecule has 0 aliphatic carbocycles. The van der Waals surface area contributed by atoms with Gasteiger partial charge in [-0.25, -0.2) is 9.59 Å². The smallest absolute Gasteiger partial charge is 0.350 e. The third-order valence-corrected chi connectivity index (χ3v) is 12.6. The first-order valence-corrected chi connectivity index (χ1v) is 15.7. The van der Waals surface area contributed by atoms with Gasteiger partial charge in [-0.15, -0.1) is 11.8 Å². The Bertz CT molecular complexity index is 1240. The quantitative estimate of drug-likeness (QED) is 0.166. The molecule has 198 valence electrons. The summed E-state index contributed by atoms with van der Waals surface area (Å²) in [7, 11) is -2.16. The van der Waals surface area contributed by atoms with Crippen LogP contribution in [-0.4, -0.2) is 53.7 Å². The summed E-state index contributed by atoms with van der Waals surface area (Å²) in [5, 5.41) is 5.26. The molecule has 0 saturated carbocycles. The van der Waals surface area contributed by atoms with Crippen LogP contribution < -0.4 is 11.0 Å². The van der Waals surface area contributed by atoms with Crippen molar-refractivity contribution in [3.63, 3.8) is 0 Å². The summed E-state index contributed by atoms with van der Waals surface area (Å²) >= 11 is 1.33. The van der Waals surface area contributed by atoms with Crippen LogP contribution in [0.2, 0.25) is 18.1 Å². The van der Waals surface area contributed by atoms with Crippen molar-refractivity contribution in [3.05, 3.63) is 69.1 Å². The molecule has 0 spiro atoms. The molecule has 2 heterocycles. The number of esters is 1. The van der Waals surface area contributed by atoms with Crippen LogP contribution >= 0.6 is 11.8 Å². The molecule has 1 fully saturated rings. The van der Waals surface area contributed by atoms with Gasteiger partial charge in [0.05, 0.1) is 16.2 Å². The van der Waals surface area contributed by atoms with Gasteiger partial charge in [0.1, 0.15) is 18.0 Å². The second-order valence-corrected chi connectivity index (χ2v) is 16.4. The van der Waals surface area contributed by atoms with Crippen molar-refractivity contribution in [1.29, 1.82) is 0 Å². The monoisotopic (exact) mass is 544 g/mol. The highest BCUT2D eigenvalue weighted by molar-refractivity contribution is 8.00. The summed E-state index contributed by atoms with van der Waals surface area (Å²) in [6.45, 7) is 12.2. The number of nitrogens with one attached hydrogen (secondary N) is 1. The Morgan fingerprint density at radius 2 is 1.92 bits per heavy atom. The summed E-state index contributed by atoms with van der Waals surface area (Å²) in [6, 6.07) is 9.12. The number of hydrogen-bond acceptors (Lipinski definition) is 8. The Morgan fingerprint density at radius 3 is 2.49 bits per heavy atom. The van der Waals surface area contributed by atoms with Gasteiger partial charge in [0.2, 0.25) is 5.91 Å². The van der Waals surface area contributed by atoms with E-state index in [9.17, 15) is 19.9 Å². The fourth-order valence-corrected chi connectivity index (χ4v) is 6.23. The standard InChI is InChI=1S/C24H32N6O5SSi/c1-15(31)26-18-12-13-30(23(33)27-18)21-19(28-29-25)20(35-22(32)16-10-8-7-9-11-16)17(36-21)14-34-37(5,6)24(2,3)4/h7-13,17,19-21H,14H2,1-6H3,(H,26,27,31,33)/t17-,19-,20-,21+/m1/s1. The average molecular weight is 545 g/mol. The molecule has 1 aromatic heterocycles. The molecule has 1 aliphatic heterocycles. The van der Waals surface area contributed by atoms with Gasteiger partial charge in [0.15, 0.2) is 8.32 Å². The average Bonchev–Trinajstić information content (AvgIpc) is 3.14. The Labute approximate surface area is 220 Å². The van der Waals surface area contributed by atoms with Crippen molar-refractivity contribution in [2.45, 2.75) is 68.6 Å². The van der Waals surface area contributed by atoms with E-state index in [0.29, 0.717) is 5.56 Å². The molecule has 2 aromatic rings. The molecular formula is C24H32N6O5SSi. The van der Waals surface area contributed by atoms with E-state index in [1.54, 1.807) is 30.3 Å². The number of carbonyl (C=O) groups excluding carboxylic acids is 2. The van der Waals surface area contributed by atoms with E-state index < -0.39 is 42.7 Å². The molecule has 1 aliphatic rings. The van der Waals surface area contributed by atoms with Crippen molar-refractivity contribution in [2.24, 2.45) is 5.11 Å². The fraction of sp³-hybridized carbons (Fsp3) is 0.500. The highest BCUT2D eigenvalue weighted by Crippen LogP contribution is 2.46. The lowest BCUT2D eigenvalue weighted by atomic mass is 10.1. The largest absolute Gasteiger partial charge is 0.457 e. The van der Waals surface area contributed by atoms with E-state index in [0.717, 1.165) is 0 Å². The number of thioether (sulfide) groups is 1. The molecule has 11 nitrogen and oxygen atoms in total. The number of amides is 1. The minimum atomic E-state index is -2.16. The number of ether oxygens (including phenoxy) is 1. The van der Waals surface area contributed by atoms with Crippen LogP contribution in [0.1, 0.15) is 43.4 Å². The van der Waals surface area contributed by atoms with E-state index >= 15 is 0 Å². The first-order valence-electron chi connectivity index (χ1n) is 11.8. The molecule has 0 radical (unpaired) electrons. The second-order valence-electron chi connectivity index (χ2n) is 10.3. The third kappa shape index (κ3) is 6.80. The van der Waals surface area contributed by atoms with Gasteiger partial charge in [-0.05, 0) is 41.9 Å². The highest BCUT2D eigenvalue weighted by atomic mass is 32.2. The predicted octanol–water partition coefficient (Wildman–Crippen LogP) is 4.74. The summed E-state index contributed by atoms with van der Waals surface area (Å²) in [5.74, 6) is -0.807. The van der Waals surface area contributed by atoms with Gasteiger partial charge in [-0.1, -0.05) is 44.1 Å². The first kappa shape index (κ1) is 28.4. The maximum atomic E-state index is 13.0. The van der Waals surface area contributed by atoms with Crippen LogP contribution in [0.5, 0.6) is 0 Å². The highest BCUT2D eigenvalue weighted by Gasteiger charge is 2.49. The predicted molar refractivity (Wildman–Crippen MR) is 145 cm³/mol. The van der Waals surface area contributed by atoms with Crippen molar-refractivity contribution in [1.82, 2.24) is 9.55 Å². The van der Waals surface area contributed by atoms with E-state index in [4.69, 9.17) is 9.16 Å². The van der Waals surface area contributed by atoms with Gasteiger partial charge in [0, 0.05) is 24.6 Å². The molecule has 13 heteroatoms. The van der Waals surface area contributed by atoms with Crippen LogP contribution in [0.25, 0.3) is 10.4 Å². The van der Waals surface area contributed by atoms with Crippen LogP contribution in [0.15, 0.2) is 52.5 Å². The number of benzene rings is 1. The molecule has 1 amide bonds. The second kappa shape index (κ2) is 11.5. The number of hydrogen-bond donors (Lipinski definition) is 1. The zero-order valence-corrected chi connectivity index (χ0v) is 23.6. The third-order valence-electron chi connectivity index (χ3n) is 6.57. The summed E-state index contributed by atoms with van der Waals surface area (Å²) in [6.07, 6.45) is 0.621. The molecule has 1 aromatic carbocycles. The number of carbonyl (C=O) groups is 2. The summed E-state index contributed by atoms with van der Waals surface area (Å²) in [5.41, 5.74) is 9.08. The van der Waals surface area contributed by atoms with Gasteiger partial charge >= 0.3 is 11.7 Å². The van der Waals surface area contributed by atoms with Crippen LogP contribution in [-0.2, 0) is 14.0 Å². The molecule has 4 atom stereocenters. The Hall–Kier alpha value is -3.12. The number of aromatic nitrogens is 2. The maximum absolute atomic E-state index is 13.0. The number of nitrogens with zero attached hydrogens (tertiary/aromatic N) is 5. The summed E-state index contributed by atoms with van der Waals surface area (Å²) in [4.78, 5) is 44.1. The molecule has 0 bridgehead atoms. The Morgan fingerprint density at radius 1 is 1.24 bits per heavy atom. The minimum Gasteiger partial charge on any atom is -0.457 e. The molecule has 3 rings (SSSR count). The van der Waals surface area contributed by atoms with Gasteiger partial charge in [-0.3, -0.25) is 9.36 Å². The Balaban J connectivity index is 1.97. The van der Waals surface area contributed by atoms with Crippen LogP contribution in [0, 0.1) is 0 Å². The van der Waals surface area contributed by atoms with E-state index in [1.807, 2.05) is 0 Å². The molecule has 1 saturated heterocycles. The van der Waals surface area contributed by atoms with Crippen molar-refractivity contribution >= 4 is 37.8 Å². The topological polar surface area (TPSA) is 148 Å². The zero-order chi connectivity index (χ0) is 27.4. The number of anilines is 1.